The number of aromatic nitrogens is 1. The molecule has 0 unspecified atom stereocenters. The third kappa shape index (κ3) is 4.66. The standard InChI is InChI=1S/C16H21N3O3S/c1-10-6-7-12(22-10)14-17-11(9-23-14)15(21)19(5)8-13(20)18-16(2,3)4/h6-7,9H,8H2,1-5H3,(H,18,20). The van der Waals surface area contributed by atoms with Gasteiger partial charge in [-0.15, -0.1) is 11.3 Å². The minimum Gasteiger partial charge on any atom is -0.459 e. The fourth-order valence-electron chi connectivity index (χ4n) is 1.98. The highest BCUT2D eigenvalue weighted by Gasteiger charge is 2.21. The summed E-state index contributed by atoms with van der Waals surface area (Å²) in [4.78, 5) is 29.9. The minimum absolute atomic E-state index is 0.0111. The SMILES string of the molecule is Cc1ccc(-c2nc(C(=O)N(C)CC(=O)NC(C)(C)C)cs2)o1. The van der Waals surface area contributed by atoms with Gasteiger partial charge in [-0.2, -0.15) is 0 Å². The first-order valence-corrected chi connectivity index (χ1v) is 8.12. The second-order valence-electron chi connectivity index (χ2n) is 6.41. The van der Waals surface area contributed by atoms with Crippen LogP contribution >= 0.6 is 11.3 Å². The maximum atomic E-state index is 12.4. The summed E-state index contributed by atoms with van der Waals surface area (Å²) in [7, 11) is 1.58. The zero-order valence-electron chi connectivity index (χ0n) is 14.0. The van der Waals surface area contributed by atoms with E-state index in [-0.39, 0.29) is 23.9 Å². The largest absolute Gasteiger partial charge is 0.459 e. The van der Waals surface area contributed by atoms with E-state index < -0.39 is 0 Å². The van der Waals surface area contributed by atoms with Gasteiger partial charge < -0.3 is 14.6 Å². The van der Waals surface area contributed by atoms with E-state index in [2.05, 4.69) is 10.3 Å². The Morgan fingerprint density at radius 2 is 2.04 bits per heavy atom. The van der Waals surface area contributed by atoms with Gasteiger partial charge in [0.15, 0.2) is 10.8 Å². The van der Waals surface area contributed by atoms with Crippen molar-refractivity contribution in [3.05, 3.63) is 29.0 Å². The monoisotopic (exact) mass is 335 g/mol. The molecule has 0 aliphatic rings. The lowest BCUT2D eigenvalue weighted by Crippen LogP contribution is -2.46. The van der Waals surface area contributed by atoms with Gasteiger partial charge in [-0.3, -0.25) is 9.59 Å². The molecule has 0 saturated carbocycles. The smallest absolute Gasteiger partial charge is 0.273 e. The van der Waals surface area contributed by atoms with E-state index in [4.69, 9.17) is 4.42 Å². The molecular formula is C16H21N3O3S. The van der Waals surface area contributed by atoms with Crippen LogP contribution in [-0.2, 0) is 4.79 Å². The van der Waals surface area contributed by atoms with Gasteiger partial charge in [0.05, 0.1) is 6.54 Å². The molecule has 0 fully saturated rings. The highest BCUT2D eigenvalue weighted by atomic mass is 32.1. The molecule has 2 rings (SSSR count). The van der Waals surface area contributed by atoms with E-state index >= 15 is 0 Å². The number of carbonyl (C=O) groups excluding carboxylic acids is 2. The summed E-state index contributed by atoms with van der Waals surface area (Å²) < 4.78 is 5.50. The average molecular weight is 335 g/mol. The topological polar surface area (TPSA) is 75.4 Å². The Bertz CT molecular complexity index is 712. The molecule has 0 aliphatic heterocycles. The highest BCUT2D eigenvalue weighted by Crippen LogP contribution is 2.25. The summed E-state index contributed by atoms with van der Waals surface area (Å²) >= 11 is 1.34. The number of rotatable bonds is 4. The van der Waals surface area contributed by atoms with Gasteiger partial charge >= 0.3 is 0 Å². The molecule has 0 radical (unpaired) electrons. The molecule has 0 bridgehead atoms. The lowest BCUT2D eigenvalue weighted by molar-refractivity contribution is -0.122. The first kappa shape index (κ1) is 17.2. The molecule has 0 spiro atoms. The van der Waals surface area contributed by atoms with Crippen molar-refractivity contribution in [3.63, 3.8) is 0 Å². The molecule has 2 amide bonds. The van der Waals surface area contributed by atoms with Crippen molar-refractivity contribution in [2.45, 2.75) is 33.2 Å². The van der Waals surface area contributed by atoms with Crippen molar-refractivity contribution >= 4 is 23.2 Å². The Labute approximate surface area is 139 Å². The molecular weight excluding hydrogens is 314 g/mol. The van der Waals surface area contributed by atoms with E-state index in [1.165, 1.54) is 16.2 Å². The molecule has 6 nitrogen and oxygen atoms in total. The number of aryl methyl sites for hydroxylation is 1. The van der Waals surface area contributed by atoms with Crippen molar-refractivity contribution in [2.75, 3.05) is 13.6 Å². The third-order valence-corrected chi connectivity index (χ3v) is 3.77. The van der Waals surface area contributed by atoms with Crippen LogP contribution in [0.15, 0.2) is 21.9 Å². The summed E-state index contributed by atoms with van der Waals surface area (Å²) in [5.74, 6) is 0.934. The van der Waals surface area contributed by atoms with Crippen LogP contribution in [-0.4, -0.2) is 40.8 Å². The number of nitrogens with one attached hydrogen (secondary N) is 1. The van der Waals surface area contributed by atoms with Crippen molar-refractivity contribution in [1.82, 2.24) is 15.2 Å². The van der Waals surface area contributed by atoms with Crippen LogP contribution in [0.4, 0.5) is 0 Å². The number of hydrogen-bond donors (Lipinski definition) is 1. The lowest BCUT2D eigenvalue weighted by atomic mass is 10.1. The average Bonchev–Trinajstić information content (AvgIpc) is 3.03. The van der Waals surface area contributed by atoms with E-state index in [1.807, 2.05) is 39.8 Å². The highest BCUT2D eigenvalue weighted by molar-refractivity contribution is 7.13. The van der Waals surface area contributed by atoms with Crippen molar-refractivity contribution < 1.29 is 14.0 Å². The van der Waals surface area contributed by atoms with Crippen molar-refractivity contribution in [3.8, 4) is 10.8 Å². The van der Waals surface area contributed by atoms with Crippen LogP contribution in [0.3, 0.4) is 0 Å². The van der Waals surface area contributed by atoms with Crippen LogP contribution in [0.5, 0.6) is 0 Å². The Morgan fingerprint density at radius 3 is 2.61 bits per heavy atom. The van der Waals surface area contributed by atoms with Crippen LogP contribution in [0.25, 0.3) is 10.8 Å². The fraction of sp³-hybridized carbons (Fsp3) is 0.438. The molecule has 2 aromatic heterocycles. The third-order valence-electron chi connectivity index (χ3n) is 2.92. The van der Waals surface area contributed by atoms with Gasteiger partial charge in [-0.05, 0) is 39.8 Å². The quantitative estimate of drug-likeness (QED) is 0.932. The van der Waals surface area contributed by atoms with E-state index in [1.54, 1.807) is 12.4 Å². The van der Waals surface area contributed by atoms with Crippen LogP contribution in [0.2, 0.25) is 0 Å². The number of likely N-dealkylation sites (N-methyl/N-ethyl adjacent to an activating group) is 1. The maximum absolute atomic E-state index is 12.4. The number of hydrogen-bond acceptors (Lipinski definition) is 5. The molecule has 7 heteroatoms. The normalized spacial score (nSPS) is 11.3. The Hall–Kier alpha value is -2.15. The summed E-state index contributed by atoms with van der Waals surface area (Å²) in [5, 5.41) is 5.15. The molecule has 0 aromatic carbocycles. The van der Waals surface area contributed by atoms with Crippen LogP contribution in [0, 0.1) is 6.92 Å². The molecule has 2 heterocycles. The van der Waals surface area contributed by atoms with Gasteiger partial charge in [0, 0.05) is 18.0 Å². The predicted octanol–water partition coefficient (Wildman–Crippen LogP) is 2.70. The zero-order chi connectivity index (χ0) is 17.2. The zero-order valence-corrected chi connectivity index (χ0v) is 14.8. The molecule has 1 N–H and O–H groups in total. The first-order valence-electron chi connectivity index (χ1n) is 7.24. The van der Waals surface area contributed by atoms with Crippen molar-refractivity contribution in [2.24, 2.45) is 0 Å². The summed E-state index contributed by atoms with van der Waals surface area (Å²) in [6.07, 6.45) is 0. The summed E-state index contributed by atoms with van der Waals surface area (Å²) in [6.45, 7) is 7.52. The molecule has 0 aliphatic carbocycles. The lowest BCUT2D eigenvalue weighted by Gasteiger charge is -2.23. The first-order chi connectivity index (χ1) is 10.7. The van der Waals surface area contributed by atoms with Crippen molar-refractivity contribution in [1.29, 1.82) is 0 Å². The summed E-state index contributed by atoms with van der Waals surface area (Å²) in [6, 6.07) is 3.67. The van der Waals surface area contributed by atoms with Crippen LogP contribution in [0.1, 0.15) is 37.0 Å². The Morgan fingerprint density at radius 1 is 1.35 bits per heavy atom. The molecule has 2 aromatic rings. The Kier molecular flexibility index (Phi) is 4.89. The van der Waals surface area contributed by atoms with Gasteiger partial charge in [0.25, 0.3) is 5.91 Å². The summed E-state index contributed by atoms with van der Waals surface area (Å²) in [5.41, 5.74) is -0.0172. The molecule has 23 heavy (non-hydrogen) atoms. The number of carbonyl (C=O) groups is 2. The molecule has 0 saturated heterocycles. The van der Waals surface area contributed by atoms with Crippen LogP contribution < -0.4 is 5.32 Å². The van der Waals surface area contributed by atoms with Gasteiger partial charge in [0.1, 0.15) is 11.5 Å². The van der Waals surface area contributed by atoms with Gasteiger partial charge in [0.2, 0.25) is 5.91 Å². The maximum Gasteiger partial charge on any atom is 0.273 e. The van der Waals surface area contributed by atoms with Gasteiger partial charge in [-0.1, -0.05) is 0 Å². The van der Waals surface area contributed by atoms with E-state index in [0.717, 1.165) is 5.76 Å². The Balaban J connectivity index is 2.03. The number of thiazole rings is 1. The number of nitrogens with zero attached hydrogens (tertiary/aromatic N) is 2. The predicted molar refractivity (Wildman–Crippen MR) is 89.4 cm³/mol. The van der Waals surface area contributed by atoms with Gasteiger partial charge in [-0.25, -0.2) is 4.98 Å². The number of amides is 2. The molecule has 0 atom stereocenters. The van der Waals surface area contributed by atoms with E-state index in [0.29, 0.717) is 16.5 Å². The second kappa shape index (κ2) is 6.54. The fourth-order valence-corrected chi connectivity index (χ4v) is 2.73. The molecule has 124 valence electrons. The second-order valence-corrected chi connectivity index (χ2v) is 7.27. The number of furan rings is 1. The van der Waals surface area contributed by atoms with E-state index in [9.17, 15) is 9.59 Å². The minimum atomic E-state index is -0.327.